The standard InChI is InChI=1S/C20H18N4O2S/c1-13(2)26-18-8-7-16(11-22-18)19(25)24-20-23-12-17(27-20)9-14-3-5-15(10-21)6-4-14/h3-8,11-13H,9H2,1-2H3,(H,23,24,25). The van der Waals surface area contributed by atoms with E-state index in [0.717, 1.165) is 10.4 Å². The Morgan fingerprint density at radius 3 is 2.59 bits per heavy atom. The molecule has 0 radical (unpaired) electrons. The maximum absolute atomic E-state index is 12.3. The number of anilines is 1. The van der Waals surface area contributed by atoms with Gasteiger partial charge in [0.25, 0.3) is 5.91 Å². The molecule has 0 aliphatic heterocycles. The molecule has 2 aromatic heterocycles. The van der Waals surface area contributed by atoms with Crippen molar-refractivity contribution in [3.05, 3.63) is 70.4 Å². The number of aromatic nitrogens is 2. The Hall–Kier alpha value is -3.24. The lowest BCUT2D eigenvalue weighted by Gasteiger charge is -2.08. The van der Waals surface area contributed by atoms with Crippen LogP contribution in [0.15, 0.2) is 48.8 Å². The second-order valence-corrected chi connectivity index (χ2v) is 7.24. The Kier molecular flexibility index (Phi) is 5.79. The Morgan fingerprint density at radius 2 is 1.96 bits per heavy atom. The largest absolute Gasteiger partial charge is 0.475 e. The van der Waals surface area contributed by atoms with Gasteiger partial charge in [0.1, 0.15) is 0 Å². The number of hydrogen-bond acceptors (Lipinski definition) is 6. The average molecular weight is 378 g/mol. The molecule has 0 saturated carbocycles. The van der Waals surface area contributed by atoms with Gasteiger partial charge in [-0.3, -0.25) is 10.1 Å². The summed E-state index contributed by atoms with van der Waals surface area (Å²) >= 11 is 1.42. The Labute approximate surface area is 161 Å². The molecular weight excluding hydrogens is 360 g/mol. The van der Waals surface area contributed by atoms with Crippen LogP contribution in [-0.2, 0) is 6.42 Å². The Balaban J connectivity index is 1.61. The second-order valence-electron chi connectivity index (χ2n) is 6.12. The van der Waals surface area contributed by atoms with Gasteiger partial charge in [-0.05, 0) is 37.6 Å². The SMILES string of the molecule is CC(C)Oc1ccc(C(=O)Nc2ncc(Cc3ccc(C#N)cc3)s2)cn1. The second kappa shape index (κ2) is 8.43. The van der Waals surface area contributed by atoms with Crippen molar-refractivity contribution in [3.63, 3.8) is 0 Å². The smallest absolute Gasteiger partial charge is 0.259 e. The summed E-state index contributed by atoms with van der Waals surface area (Å²) in [6.07, 6.45) is 3.96. The molecule has 0 aliphatic carbocycles. The lowest BCUT2D eigenvalue weighted by atomic mass is 10.1. The fourth-order valence-electron chi connectivity index (χ4n) is 2.34. The number of nitrogens with zero attached hydrogens (tertiary/aromatic N) is 3. The number of thiazole rings is 1. The fraction of sp³-hybridized carbons (Fsp3) is 0.200. The number of pyridine rings is 1. The maximum Gasteiger partial charge on any atom is 0.259 e. The van der Waals surface area contributed by atoms with E-state index in [1.165, 1.54) is 17.5 Å². The monoisotopic (exact) mass is 378 g/mol. The molecule has 1 aromatic carbocycles. The van der Waals surface area contributed by atoms with Gasteiger partial charge in [0.15, 0.2) is 5.13 Å². The summed E-state index contributed by atoms with van der Waals surface area (Å²) in [6, 6.07) is 12.9. The minimum absolute atomic E-state index is 0.0296. The first-order valence-electron chi connectivity index (χ1n) is 8.41. The van der Waals surface area contributed by atoms with Crippen molar-refractivity contribution in [2.75, 3.05) is 5.32 Å². The van der Waals surface area contributed by atoms with Crippen molar-refractivity contribution in [2.24, 2.45) is 0 Å². The van der Waals surface area contributed by atoms with Crippen LogP contribution in [0.5, 0.6) is 5.88 Å². The van der Waals surface area contributed by atoms with Crippen molar-refractivity contribution in [3.8, 4) is 11.9 Å². The fourth-order valence-corrected chi connectivity index (χ4v) is 3.18. The molecule has 7 heteroatoms. The van der Waals surface area contributed by atoms with Gasteiger partial charge in [-0.25, -0.2) is 9.97 Å². The van der Waals surface area contributed by atoms with E-state index in [-0.39, 0.29) is 12.0 Å². The summed E-state index contributed by atoms with van der Waals surface area (Å²) in [5.74, 6) is 0.221. The van der Waals surface area contributed by atoms with Crippen LogP contribution < -0.4 is 10.1 Å². The van der Waals surface area contributed by atoms with Crippen molar-refractivity contribution in [1.82, 2.24) is 9.97 Å². The molecule has 27 heavy (non-hydrogen) atoms. The molecule has 0 saturated heterocycles. The third-order valence-corrected chi connectivity index (χ3v) is 4.50. The minimum atomic E-state index is -0.266. The predicted molar refractivity (Wildman–Crippen MR) is 104 cm³/mol. The third-order valence-electron chi connectivity index (χ3n) is 3.59. The predicted octanol–water partition coefficient (Wildman–Crippen LogP) is 4.04. The van der Waals surface area contributed by atoms with Gasteiger partial charge in [-0.2, -0.15) is 5.26 Å². The summed E-state index contributed by atoms with van der Waals surface area (Å²) in [5, 5.41) is 12.2. The lowest BCUT2D eigenvalue weighted by molar-refractivity contribution is 0.102. The van der Waals surface area contributed by atoms with Crippen molar-refractivity contribution in [1.29, 1.82) is 5.26 Å². The van der Waals surface area contributed by atoms with Crippen LogP contribution in [0.1, 0.15) is 40.2 Å². The summed E-state index contributed by atoms with van der Waals surface area (Å²) in [4.78, 5) is 21.7. The number of ether oxygens (including phenoxy) is 1. The Bertz CT molecular complexity index is 957. The van der Waals surface area contributed by atoms with Crippen LogP contribution in [0.3, 0.4) is 0 Å². The first-order chi connectivity index (χ1) is 13.0. The molecule has 0 atom stereocenters. The zero-order valence-corrected chi connectivity index (χ0v) is 15.8. The molecule has 6 nitrogen and oxygen atoms in total. The van der Waals surface area contributed by atoms with Crippen LogP contribution in [0, 0.1) is 11.3 Å². The van der Waals surface area contributed by atoms with E-state index in [9.17, 15) is 4.79 Å². The van der Waals surface area contributed by atoms with E-state index < -0.39 is 0 Å². The molecule has 0 unspecified atom stereocenters. The van der Waals surface area contributed by atoms with Crippen molar-refractivity contribution < 1.29 is 9.53 Å². The zero-order valence-electron chi connectivity index (χ0n) is 15.0. The van der Waals surface area contributed by atoms with Gasteiger partial charge in [0.2, 0.25) is 5.88 Å². The number of carbonyl (C=O) groups excluding carboxylic acids is 1. The van der Waals surface area contributed by atoms with Crippen molar-refractivity contribution in [2.45, 2.75) is 26.4 Å². The van der Waals surface area contributed by atoms with E-state index in [2.05, 4.69) is 21.4 Å². The first-order valence-corrected chi connectivity index (χ1v) is 9.23. The number of hydrogen-bond donors (Lipinski definition) is 1. The van der Waals surface area contributed by atoms with Gasteiger partial charge in [0.05, 0.1) is 23.3 Å². The third kappa shape index (κ3) is 5.12. The topological polar surface area (TPSA) is 87.9 Å². The molecule has 1 N–H and O–H groups in total. The van der Waals surface area contributed by atoms with Crippen LogP contribution >= 0.6 is 11.3 Å². The molecule has 0 aliphatic rings. The number of rotatable bonds is 6. The highest BCUT2D eigenvalue weighted by atomic mass is 32.1. The van der Waals surface area contributed by atoms with E-state index in [1.54, 1.807) is 30.5 Å². The quantitative estimate of drug-likeness (QED) is 0.699. The molecular formula is C20H18N4O2S. The van der Waals surface area contributed by atoms with Crippen molar-refractivity contribution >= 4 is 22.4 Å². The first kappa shape index (κ1) is 18.5. The zero-order chi connectivity index (χ0) is 19.2. The number of nitriles is 1. The molecule has 3 rings (SSSR count). The summed E-state index contributed by atoms with van der Waals surface area (Å²) in [7, 11) is 0. The van der Waals surface area contributed by atoms with Gasteiger partial charge < -0.3 is 4.74 Å². The summed E-state index contributed by atoms with van der Waals surface area (Å²) in [6.45, 7) is 3.83. The van der Waals surface area contributed by atoms with Crippen LogP contribution in [0.2, 0.25) is 0 Å². The summed E-state index contributed by atoms with van der Waals surface area (Å²) in [5.41, 5.74) is 2.16. The molecule has 0 bridgehead atoms. The highest BCUT2D eigenvalue weighted by Crippen LogP contribution is 2.22. The summed E-state index contributed by atoms with van der Waals surface area (Å²) < 4.78 is 5.47. The maximum atomic E-state index is 12.3. The van der Waals surface area contributed by atoms with Gasteiger partial charge >= 0.3 is 0 Å². The van der Waals surface area contributed by atoms with Crippen LogP contribution in [-0.4, -0.2) is 22.0 Å². The van der Waals surface area contributed by atoms with E-state index in [0.29, 0.717) is 28.6 Å². The van der Waals surface area contributed by atoms with E-state index in [1.807, 2.05) is 26.0 Å². The lowest BCUT2D eigenvalue weighted by Crippen LogP contribution is -2.12. The van der Waals surface area contributed by atoms with E-state index >= 15 is 0 Å². The molecule has 1 amide bonds. The minimum Gasteiger partial charge on any atom is -0.475 e. The Morgan fingerprint density at radius 1 is 1.19 bits per heavy atom. The number of nitrogens with one attached hydrogen (secondary N) is 1. The highest BCUT2D eigenvalue weighted by molar-refractivity contribution is 7.15. The van der Waals surface area contributed by atoms with Crippen LogP contribution in [0.25, 0.3) is 0 Å². The normalized spacial score (nSPS) is 10.4. The number of benzene rings is 1. The van der Waals surface area contributed by atoms with Gasteiger partial charge in [-0.1, -0.05) is 12.1 Å². The highest BCUT2D eigenvalue weighted by Gasteiger charge is 2.11. The van der Waals surface area contributed by atoms with Gasteiger partial charge in [0, 0.05) is 29.8 Å². The molecule has 0 spiro atoms. The van der Waals surface area contributed by atoms with E-state index in [4.69, 9.17) is 10.00 Å². The van der Waals surface area contributed by atoms with Gasteiger partial charge in [-0.15, -0.1) is 11.3 Å². The average Bonchev–Trinajstić information content (AvgIpc) is 3.09. The molecule has 0 fully saturated rings. The number of carbonyl (C=O) groups is 1. The molecule has 3 aromatic rings. The number of amides is 1. The molecule has 2 heterocycles. The molecule has 136 valence electrons. The van der Waals surface area contributed by atoms with Crippen LogP contribution in [0.4, 0.5) is 5.13 Å².